The molecule has 0 saturated heterocycles. The van der Waals surface area contributed by atoms with Gasteiger partial charge in [0.05, 0.1) is 11.8 Å². The predicted octanol–water partition coefficient (Wildman–Crippen LogP) is -0.369. The molecule has 2 aromatic rings. The molecule has 1 amide bonds. The second-order valence-corrected chi connectivity index (χ2v) is 4.45. The SMILES string of the molecule is Cc1c(C(=O)NCCc2ncn[nH]2)cnn1CCCN. The molecule has 8 heteroatoms. The van der Waals surface area contributed by atoms with Crippen LogP contribution in [0.25, 0.3) is 0 Å². The van der Waals surface area contributed by atoms with Crippen LogP contribution in [0.5, 0.6) is 0 Å². The van der Waals surface area contributed by atoms with Gasteiger partial charge in [0.25, 0.3) is 5.91 Å². The van der Waals surface area contributed by atoms with E-state index >= 15 is 0 Å². The monoisotopic (exact) mass is 277 g/mol. The van der Waals surface area contributed by atoms with Gasteiger partial charge in [-0.25, -0.2) is 4.98 Å². The van der Waals surface area contributed by atoms with Gasteiger partial charge in [-0.2, -0.15) is 10.2 Å². The minimum absolute atomic E-state index is 0.124. The van der Waals surface area contributed by atoms with Gasteiger partial charge in [-0.3, -0.25) is 14.6 Å². The molecule has 2 rings (SSSR count). The molecule has 0 aliphatic rings. The zero-order valence-corrected chi connectivity index (χ0v) is 11.5. The topological polar surface area (TPSA) is 115 Å². The number of nitrogens with one attached hydrogen (secondary N) is 2. The second kappa shape index (κ2) is 6.80. The lowest BCUT2D eigenvalue weighted by Crippen LogP contribution is -2.26. The number of rotatable bonds is 7. The predicted molar refractivity (Wildman–Crippen MR) is 73.1 cm³/mol. The van der Waals surface area contributed by atoms with Crippen LogP contribution in [-0.4, -0.2) is 44.0 Å². The molecule has 0 spiro atoms. The first-order valence-corrected chi connectivity index (χ1v) is 6.57. The van der Waals surface area contributed by atoms with Crippen LogP contribution in [0.1, 0.15) is 28.3 Å². The number of hydrogen-bond acceptors (Lipinski definition) is 5. The van der Waals surface area contributed by atoms with Crippen LogP contribution >= 0.6 is 0 Å². The van der Waals surface area contributed by atoms with E-state index in [0.717, 1.165) is 24.5 Å². The smallest absolute Gasteiger partial charge is 0.254 e. The van der Waals surface area contributed by atoms with Gasteiger partial charge in [0.15, 0.2) is 0 Å². The minimum Gasteiger partial charge on any atom is -0.351 e. The van der Waals surface area contributed by atoms with Gasteiger partial charge < -0.3 is 11.1 Å². The Morgan fingerprint density at radius 1 is 1.55 bits per heavy atom. The molecule has 0 aromatic carbocycles. The first-order valence-electron chi connectivity index (χ1n) is 6.57. The average Bonchev–Trinajstić information content (AvgIpc) is 3.06. The third kappa shape index (κ3) is 3.41. The second-order valence-electron chi connectivity index (χ2n) is 4.45. The van der Waals surface area contributed by atoms with Crippen LogP contribution in [0.4, 0.5) is 0 Å². The highest BCUT2D eigenvalue weighted by Gasteiger charge is 2.13. The quantitative estimate of drug-likeness (QED) is 0.639. The zero-order chi connectivity index (χ0) is 14.4. The molecule has 0 unspecified atom stereocenters. The van der Waals surface area contributed by atoms with Crippen LogP contribution in [0.2, 0.25) is 0 Å². The summed E-state index contributed by atoms with van der Waals surface area (Å²) < 4.78 is 1.80. The maximum Gasteiger partial charge on any atom is 0.254 e. The fraction of sp³-hybridized carbons (Fsp3) is 0.500. The van der Waals surface area contributed by atoms with Crippen molar-refractivity contribution in [2.45, 2.75) is 26.3 Å². The molecule has 8 nitrogen and oxygen atoms in total. The van der Waals surface area contributed by atoms with Gasteiger partial charge in [0.2, 0.25) is 0 Å². The molecule has 0 fully saturated rings. The molecule has 2 aromatic heterocycles. The Balaban J connectivity index is 1.87. The van der Waals surface area contributed by atoms with E-state index in [-0.39, 0.29) is 5.91 Å². The van der Waals surface area contributed by atoms with Crippen molar-refractivity contribution in [3.63, 3.8) is 0 Å². The number of nitrogens with zero attached hydrogens (tertiary/aromatic N) is 4. The number of nitrogens with two attached hydrogens (primary N) is 1. The third-order valence-corrected chi connectivity index (χ3v) is 3.03. The highest BCUT2D eigenvalue weighted by Crippen LogP contribution is 2.07. The van der Waals surface area contributed by atoms with Crippen molar-refractivity contribution in [2.75, 3.05) is 13.1 Å². The Morgan fingerprint density at radius 3 is 3.10 bits per heavy atom. The lowest BCUT2D eigenvalue weighted by Gasteiger charge is -2.05. The van der Waals surface area contributed by atoms with Gasteiger partial charge >= 0.3 is 0 Å². The molecule has 0 aliphatic heterocycles. The molecule has 108 valence electrons. The lowest BCUT2D eigenvalue weighted by molar-refractivity contribution is 0.0953. The maximum atomic E-state index is 12.0. The van der Waals surface area contributed by atoms with Crippen LogP contribution in [0, 0.1) is 6.92 Å². The van der Waals surface area contributed by atoms with Gasteiger partial charge in [-0.15, -0.1) is 0 Å². The van der Waals surface area contributed by atoms with E-state index in [9.17, 15) is 4.79 Å². The molecule has 0 aliphatic carbocycles. The van der Waals surface area contributed by atoms with E-state index in [2.05, 4.69) is 25.6 Å². The first kappa shape index (κ1) is 14.2. The number of aryl methyl sites for hydroxylation is 1. The summed E-state index contributed by atoms with van der Waals surface area (Å²) in [6.07, 6.45) is 4.50. The van der Waals surface area contributed by atoms with Crippen LogP contribution < -0.4 is 11.1 Å². The Hall–Kier alpha value is -2.22. The van der Waals surface area contributed by atoms with Crippen molar-refractivity contribution < 1.29 is 4.79 Å². The number of carbonyl (C=O) groups is 1. The van der Waals surface area contributed by atoms with Crippen LogP contribution in [-0.2, 0) is 13.0 Å². The fourth-order valence-electron chi connectivity index (χ4n) is 1.88. The van der Waals surface area contributed by atoms with Crippen molar-refractivity contribution in [1.29, 1.82) is 0 Å². The zero-order valence-electron chi connectivity index (χ0n) is 11.5. The molecule has 20 heavy (non-hydrogen) atoms. The molecule has 0 atom stereocenters. The number of aromatic amines is 1. The Kier molecular flexibility index (Phi) is 4.83. The summed E-state index contributed by atoms with van der Waals surface area (Å²) in [4.78, 5) is 16.0. The Labute approximate surface area is 116 Å². The Bertz CT molecular complexity index is 546. The fourth-order valence-corrected chi connectivity index (χ4v) is 1.88. The van der Waals surface area contributed by atoms with E-state index in [1.54, 1.807) is 10.9 Å². The molecule has 0 bridgehead atoms. The van der Waals surface area contributed by atoms with Crippen LogP contribution in [0.15, 0.2) is 12.5 Å². The van der Waals surface area contributed by atoms with Crippen molar-refractivity contribution in [3.05, 3.63) is 29.6 Å². The average molecular weight is 277 g/mol. The van der Waals surface area contributed by atoms with Crippen molar-refractivity contribution in [2.24, 2.45) is 5.73 Å². The summed E-state index contributed by atoms with van der Waals surface area (Å²) in [5, 5.41) is 13.5. The number of amides is 1. The number of carbonyl (C=O) groups excluding carboxylic acids is 1. The third-order valence-electron chi connectivity index (χ3n) is 3.03. The normalized spacial score (nSPS) is 10.7. The standard InChI is InChI=1S/C12H19N7O/c1-9-10(7-17-19(9)6-2-4-13)12(20)14-5-3-11-15-8-16-18-11/h7-8H,2-6,13H2,1H3,(H,14,20)(H,15,16,18). The van der Waals surface area contributed by atoms with E-state index in [1.165, 1.54) is 6.33 Å². The molecule has 0 radical (unpaired) electrons. The summed E-state index contributed by atoms with van der Waals surface area (Å²) in [7, 11) is 0. The summed E-state index contributed by atoms with van der Waals surface area (Å²) >= 11 is 0. The lowest BCUT2D eigenvalue weighted by atomic mass is 10.2. The maximum absolute atomic E-state index is 12.0. The highest BCUT2D eigenvalue weighted by molar-refractivity contribution is 5.95. The van der Waals surface area contributed by atoms with Crippen molar-refractivity contribution in [1.82, 2.24) is 30.3 Å². The largest absolute Gasteiger partial charge is 0.351 e. The molecular formula is C12H19N7O. The highest BCUT2D eigenvalue weighted by atomic mass is 16.1. The molecule has 4 N–H and O–H groups in total. The Morgan fingerprint density at radius 2 is 2.40 bits per heavy atom. The summed E-state index contributed by atoms with van der Waals surface area (Å²) in [6, 6.07) is 0. The molecule has 2 heterocycles. The van der Waals surface area contributed by atoms with Crippen LogP contribution in [0.3, 0.4) is 0 Å². The van der Waals surface area contributed by atoms with Crippen molar-refractivity contribution in [3.8, 4) is 0 Å². The van der Waals surface area contributed by atoms with E-state index < -0.39 is 0 Å². The first-order chi connectivity index (χ1) is 9.72. The number of hydrogen-bond donors (Lipinski definition) is 3. The minimum atomic E-state index is -0.124. The van der Waals surface area contributed by atoms with Gasteiger partial charge in [0, 0.05) is 25.2 Å². The number of H-pyrrole nitrogens is 1. The van der Waals surface area contributed by atoms with Crippen molar-refractivity contribution >= 4 is 5.91 Å². The van der Waals surface area contributed by atoms with E-state index in [0.29, 0.717) is 25.1 Å². The summed E-state index contributed by atoms with van der Waals surface area (Å²) in [5.41, 5.74) is 6.92. The summed E-state index contributed by atoms with van der Waals surface area (Å²) in [6.45, 7) is 3.72. The van der Waals surface area contributed by atoms with Gasteiger partial charge in [-0.05, 0) is 19.9 Å². The van der Waals surface area contributed by atoms with E-state index in [4.69, 9.17) is 5.73 Å². The molecular weight excluding hydrogens is 258 g/mol. The van der Waals surface area contributed by atoms with Gasteiger partial charge in [0.1, 0.15) is 12.2 Å². The van der Waals surface area contributed by atoms with Gasteiger partial charge in [-0.1, -0.05) is 0 Å². The van der Waals surface area contributed by atoms with E-state index in [1.807, 2.05) is 6.92 Å². The summed E-state index contributed by atoms with van der Waals surface area (Å²) in [5.74, 6) is 0.627. The number of aromatic nitrogens is 5. The molecule has 0 saturated carbocycles.